The second-order valence-corrected chi connectivity index (χ2v) is 8.27. The first-order valence-electron chi connectivity index (χ1n) is 11.6. The van der Waals surface area contributed by atoms with Crippen molar-refractivity contribution in [3.8, 4) is 11.1 Å². The van der Waals surface area contributed by atoms with Crippen LogP contribution in [0.1, 0.15) is 26.7 Å². The maximum absolute atomic E-state index is 4.29. The van der Waals surface area contributed by atoms with Crippen molar-refractivity contribution in [2.75, 3.05) is 16.8 Å². The number of likely N-dealkylation sites (N-methyl/N-ethyl adjacent to an activating group) is 1. The molecule has 0 radical (unpaired) electrons. The first-order chi connectivity index (χ1) is 16.1. The summed E-state index contributed by atoms with van der Waals surface area (Å²) in [6.07, 6.45) is 21.3. The molecular weight excluding hydrogens is 400 g/mol. The van der Waals surface area contributed by atoms with Crippen molar-refractivity contribution >= 4 is 11.4 Å². The number of benzene rings is 2. The molecule has 4 rings (SSSR count). The molecule has 2 aliphatic rings. The molecule has 1 aliphatic heterocycles. The van der Waals surface area contributed by atoms with Gasteiger partial charge in [-0.3, -0.25) is 0 Å². The highest BCUT2D eigenvalue weighted by atomic mass is 15.1. The minimum Gasteiger partial charge on any atom is -0.345 e. The van der Waals surface area contributed by atoms with Gasteiger partial charge in [0, 0.05) is 36.0 Å². The van der Waals surface area contributed by atoms with Gasteiger partial charge in [-0.25, -0.2) is 0 Å². The van der Waals surface area contributed by atoms with Gasteiger partial charge in [-0.05, 0) is 91.5 Å². The third kappa shape index (κ3) is 4.85. The lowest BCUT2D eigenvalue weighted by Crippen LogP contribution is -2.18. The van der Waals surface area contributed by atoms with Crippen LogP contribution in [0.25, 0.3) is 11.1 Å². The monoisotopic (exact) mass is 432 g/mol. The highest BCUT2D eigenvalue weighted by Crippen LogP contribution is 2.34. The third-order valence-electron chi connectivity index (χ3n) is 6.17. The molecule has 0 spiro atoms. The van der Waals surface area contributed by atoms with Gasteiger partial charge in [-0.2, -0.15) is 0 Å². The standard InChI is InChI=1S/C31H32N2/c1-5-12-27(6-2)32(4)28-20-18-25(19-21-28)26-14-11-15-29(23-26)33-22-10-9-13-24(3)30-16-7-8-17-31(30)33/h5-6,8-15,17-23H,3,7,16H2,1-2,4H3/b12-5-,13-9-,22-10-,27-6+. The van der Waals surface area contributed by atoms with Gasteiger partial charge in [0.1, 0.15) is 0 Å². The fourth-order valence-corrected chi connectivity index (χ4v) is 4.35. The van der Waals surface area contributed by atoms with Gasteiger partial charge in [0.2, 0.25) is 0 Å². The first-order valence-corrected chi connectivity index (χ1v) is 11.6. The molecule has 33 heavy (non-hydrogen) atoms. The van der Waals surface area contributed by atoms with Crippen LogP contribution in [0.15, 0.2) is 132 Å². The number of anilines is 2. The van der Waals surface area contributed by atoms with Gasteiger partial charge in [-0.1, -0.05) is 61.2 Å². The van der Waals surface area contributed by atoms with E-state index in [4.69, 9.17) is 0 Å². The van der Waals surface area contributed by atoms with Crippen molar-refractivity contribution in [3.63, 3.8) is 0 Å². The summed E-state index contributed by atoms with van der Waals surface area (Å²) < 4.78 is 0. The number of rotatable bonds is 5. The van der Waals surface area contributed by atoms with E-state index in [9.17, 15) is 0 Å². The molecule has 0 atom stereocenters. The van der Waals surface area contributed by atoms with E-state index in [1.54, 1.807) is 0 Å². The van der Waals surface area contributed by atoms with E-state index >= 15 is 0 Å². The van der Waals surface area contributed by atoms with E-state index in [2.05, 4.69) is 134 Å². The lowest BCUT2D eigenvalue weighted by atomic mass is 9.93. The molecule has 0 N–H and O–H groups in total. The van der Waals surface area contributed by atoms with Crippen LogP contribution in [0.4, 0.5) is 11.4 Å². The summed E-state index contributed by atoms with van der Waals surface area (Å²) in [6, 6.07) is 17.5. The van der Waals surface area contributed by atoms with E-state index in [0.717, 1.165) is 24.1 Å². The molecule has 2 aromatic carbocycles. The minimum atomic E-state index is 1.02. The summed E-state index contributed by atoms with van der Waals surface area (Å²) in [5.41, 5.74) is 9.52. The Morgan fingerprint density at radius 1 is 1.00 bits per heavy atom. The molecule has 2 heteroatoms. The number of hydrogen-bond acceptors (Lipinski definition) is 2. The quantitative estimate of drug-likeness (QED) is 0.438. The Bertz CT molecular complexity index is 1200. The lowest BCUT2D eigenvalue weighted by Gasteiger charge is -2.28. The van der Waals surface area contributed by atoms with Crippen LogP contribution in [0.3, 0.4) is 0 Å². The summed E-state index contributed by atoms with van der Waals surface area (Å²) >= 11 is 0. The highest BCUT2D eigenvalue weighted by molar-refractivity contribution is 5.73. The molecular formula is C31H32N2. The van der Waals surface area contributed by atoms with Crippen LogP contribution in [0, 0.1) is 0 Å². The van der Waals surface area contributed by atoms with E-state index in [-0.39, 0.29) is 0 Å². The smallest absolute Gasteiger partial charge is 0.0490 e. The third-order valence-corrected chi connectivity index (χ3v) is 6.17. The molecule has 0 fully saturated rings. The van der Waals surface area contributed by atoms with Gasteiger partial charge in [0.05, 0.1) is 0 Å². The normalized spacial score (nSPS) is 18.2. The van der Waals surface area contributed by atoms with Gasteiger partial charge in [0.25, 0.3) is 0 Å². The zero-order chi connectivity index (χ0) is 23.2. The van der Waals surface area contributed by atoms with Crippen LogP contribution >= 0.6 is 0 Å². The van der Waals surface area contributed by atoms with Crippen LogP contribution in [0.5, 0.6) is 0 Å². The minimum absolute atomic E-state index is 1.02. The van der Waals surface area contributed by atoms with Crippen molar-refractivity contribution in [1.82, 2.24) is 0 Å². The molecule has 2 nitrogen and oxygen atoms in total. The molecule has 0 saturated carbocycles. The number of hydrogen-bond donors (Lipinski definition) is 0. The molecule has 0 unspecified atom stereocenters. The Kier molecular flexibility index (Phi) is 6.95. The summed E-state index contributed by atoms with van der Waals surface area (Å²) in [7, 11) is 2.10. The van der Waals surface area contributed by atoms with Crippen molar-refractivity contribution in [2.45, 2.75) is 26.7 Å². The Hall–Kier alpha value is -3.78. The summed E-state index contributed by atoms with van der Waals surface area (Å²) in [5, 5.41) is 0. The fourth-order valence-electron chi connectivity index (χ4n) is 4.35. The Balaban J connectivity index is 1.66. The van der Waals surface area contributed by atoms with Gasteiger partial charge in [-0.15, -0.1) is 0 Å². The number of nitrogens with zero attached hydrogens (tertiary/aromatic N) is 2. The van der Waals surface area contributed by atoms with E-state index in [1.807, 2.05) is 6.92 Å². The predicted molar refractivity (Wildman–Crippen MR) is 144 cm³/mol. The maximum atomic E-state index is 4.29. The van der Waals surface area contributed by atoms with E-state index in [0.29, 0.717) is 0 Å². The molecule has 0 saturated heterocycles. The summed E-state index contributed by atoms with van der Waals surface area (Å²) in [5.74, 6) is 0. The topological polar surface area (TPSA) is 6.48 Å². The second kappa shape index (κ2) is 10.2. The SMILES string of the molecule is C=C1/C=C\C=C/N(c2cccc(-c3ccc(N(C)C(/C=C\C)=C/C)cc3)c2)C2=C1CCC=C2. The van der Waals surface area contributed by atoms with Gasteiger partial charge >= 0.3 is 0 Å². The largest absolute Gasteiger partial charge is 0.345 e. The van der Waals surface area contributed by atoms with Gasteiger partial charge in [0.15, 0.2) is 0 Å². The van der Waals surface area contributed by atoms with Crippen LogP contribution < -0.4 is 9.80 Å². The van der Waals surface area contributed by atoms with Crippen LogP contribution in [-0.2, 0) is 0 Å². The molecule has 2 aromatic rings. The van der Waals surface area contributed by atoms with Crippen LogP contribution in [0.2, 0.25) is 0 Å². The van der Waals surface area contributed by atoms with Crippen molar-refractivity contribution in [1.29, 1.82) is 0 Å². The second-order valence-electron chi connectivity index (χ2n) is 8.27. The zero-order valence-electron chi connectivity index (χ0n) is 19.8. The Morgan fingerprint density at radius 3 is 2.58 bits per heavy atom. The number of allylic oxidation sites excluding steroid dienone is 10. The Labute approximate surface area is 198 Å². The summed E-state index contributed by atoms with van der Waals surface area (Å²) in [6.45, 7) is 8.41. The maximum Gasteiger partial charge on any atom is 0.0490 e. The molecule has 1 aliphatic carbocycles. The molecule has 1 heterocycles. The lowest BCUT2D eigenvalue weighted by molar-refractivity contribution is 0.938. The molecule has 0 amide bonds. The zero-order valence-corrected chi connectivity index (χ0v) is 19.8. The molecule has 0 aromatic heterocycles. The summed E-state index contributed by atoms with van der Waals surface area (Å²) in [4.78, 5) is 4.48. The fraction of sp³-hybridized carbons (Fsp3) is 0.161. The molecule has 166 valence electrons. The van der Waals surface area contributed by atoms with E-state index in [1.165, 1.54) is 33.8 Å². The average Bonchev–Trinajstić information content (AvgIpc) is 2.86. The van der Waals surface area contributed by atoms with E-state index < -0.39 is 0 Å². The van der Waals surface area contributed by atoms with Crippen molar-refractivity contribution in [3.05, 3.63) is 132 Å². The predicted octanol–water partition coefficient (Wildman–Crippen LogP) is 8.32. The van der Waals surface area contributed by atoms with Crippen molar-refractivity contribution in [2.24, 2.45) is 0 Å². The van der Waals surface area contributed by atoms with Gasteiger partial charge < -0.3 is 9.80 Å². The first kappa shape index (κ1) is 22.4. The highest BCUT2D eigenvalue weighted by Gasteiger charge is 2.18. The Morgan fingerprint density at radius 2 is 1.82 bits per heavy atom. The van der Waals surface area contributed by atoms with Crippen LogP contribution in [-0.4, -0.2) is 7.05 Å². The molecule has 0 bridgehead atoms. The average molecular weight is 433 g/mol. The van der Waals surface area contributed by atoms with Crippen molar-refractivity contribution < 1.29 is 0 Å².